The number of amidine groups is 1. The molecular formula is C25H23F3N4O2. The number of hydrogen-bond donors (Lipinski definition) is 0. The molecule has 6 nitrogen and oxygen atoms in total. The summed E-state index contributed by atoms with van der Waals surface area (Å²) >= 11 is 0. The number of imidazole rings is 1. The molecule has 0 unspecified atom stereocenters. The number of aryl methyl sites for hydroxylation is 1. The first-order valence-electron chi connectivity index (χ1n) is 11.0. The number of fused-ring (bicyclic) bond motifs is 1. The first kappa shape index (κ1) is 22.1. The highest BCUT2D eigenvalue weighted by Crippen LogP contribution is 2.34. The molecule has 1 aromatic heterocycles. The molecule has 2 aliphatic heterocycles. The molecule has 2 aliphatic rings. The summed E-state index contributed by atoms with van der Waals surface area (Å²) < 4.78 is 48.7. The van der Waals surface area contributed by atoms with Crippen LogP contribution >= 0.6 is 0 Å². The van der Waals surface area contributed by atoms with Crippen molar-refractivity contribution in [2.45, 2.75) is 25.8 Å². The monoisotopic (exact) mass is 468 g/mol. The fourth-order valence-corrected chi connectivity index (χ4v) is 4.45. The molecule has 1 fully saturated rings. The topological polar surface area (TPSA) is 51.9 Å². The molecule has 1 saturated heterocycles. The van der Waals surface area contributed by atoms with Crippen molar-refractivity contribution in [3.8, 4) is 11.4 Å². The summed E-state index contributed by atoms with van der Waals surface area (Å²) in [6.45, 7) is 2.69. The Bertz CT molecular complexity index is 1280. The van der Waals surface area contributed by atoms with E-state index >= 15 is 0 Å². The number of benzene rings is 2. The predicted octanol–water partition coefficient (Wildman–Crippen LogP) is 5.17. The molecule has 9 heteroatoms. The van der Waals surface area contributed by atoms with Crippen molar-refractivity contribution in [3.05, 3.63) is 82.7 Å². The highest BCUT2D eigenvalue weighted by Gasteiger charge is 2.34. The van der Waals surface area contributed by atoms with Crippen LogP contribution in [-0.4, -0.2) is 40.5 Å². The molecule has 0 N–H and O–H groups in total. The Labute approximate surface area is 194 Å². The maximum atomic E-state index is 13.9. The van der Waals surface area contributed by atoms with E-state index in [1.54, 1.807) is 13.4 Å². The lowest BCUT2D eigenvalue weighted by Gasteiger charge is -2.40. The molecule has 0 saturated carbocycles. The summed E-state index contributed by atoms with van der Waals surface area (Å²) in [5.41, 5.74) is 3.94. The zero-order valence-corrected chi connectivity index (χ0v) is 18.8. The number of ether oxygens (including phenoxy) is 1. The molecule has 0 spiro atoms. The molecule has 1 atom stereocenters. The number of oxime groups is 1. The average Bonchev–Trinajstić information content (AvgIpc) is 3.28. The van der Waals surface area contributed by atoms with Gasteiger partial charge >= 0.3 is 0 Å². The van der Waals surface area contributed by atoms with Gasteiger partial charge in [-0.15, -0.1) is 0 Å². The Morgan fingerprint density at radius 3 is 2.65 bits per heavy atom. The minimum Gasteiger partial charge on any atom is -0.495 e. The van der Waals surface area contributed by atoms with Crippen LogP contribution in [0.4, 0.5) is 13.2 Å². The van der Waals surface area contributed by atoms with E-state index in [0.717, 1.165) is 47.5 Å². The van der Waals surface area contributed by atoms with Gasteiger partial charge in [-0.25, -0.2) is 18.2 Å². The van der Waals surface area contributed by atoms with E-state index < -0.39 is 23.5 Å². The molecule has 0 amide bonds. The Balaban J connectivity index is 1.46. The summed E-state index contributed by atoms with van der Waals surface area (Å²) in [5, 5.41) is 4.25. The smallest absolute Gasteiger partial charge is 0.194 e. The molecule has 2 aromatic carbocycles. The molecule has 176 valence electrons. The number of nitrogens with zero attached hydrogens (tertiary/aromatic N) is 4. The van der Waals surface area contributed by atoms with Crippen LogP contribution in [0.15, 0.2) is 53.6 Å². The van der Waals surface area contributed by atoms with Gasteiger partial charge < -0.3 is 19.0 Å². The lowest BCUT2D eigenvalue weighted by atomic mass is 9.96. The zero-order chi connectivity index (χ0) is 23.8. The number of aromatic nitrogens is 2. The normalized spacial score (nSPS) is 19.0. The molecular weight excluding hydrogens is 445 g/mol. The molecule has 5 rings (SSSR count). The minimum atomic E-state index is -1.48. The number of hydrogen-bond acceptors (Lipinski definition) is 5. The lowest BCUT2D eigenvalue weighted by Crippen LogP contribution is -2.44. The van der Waals surface area contributed by atoms with Gasteiger partial charge in [0.1, 0.15) is 12.4 Å². The largest absolute Gasteiger partial charge is 0.495 e. The second-order valence-corrected chi connectivity index (χ2v) is 8.35. The van der Waals surface area contributed by atoms with E-state index in [1.807, 2.05) is 46.9 Å². The van der Waals surface area contributed by atoms with Crippen LogP contribution in [0.5, 0.6) is 5.75 Å². The Kier molecular flexibility index (Phi) is 5.77. The third kappa shape index (κ3) is 4.02. The molecule has 3 heterocycles. The molecule has 0 radical (unpaired) electrons. The van der Waals surface area contributed by atoms with Crippen LogP contribution in [0.1, 0.15) is 35.7 Å². The zero-order valence-electron chi connectivity index (χ0n) is 18.8. The first-order valence-corrected chi connectivity index (χ1v) is 11.0. The summed E-state index contributed by atoms with van der Waals surface area (Å²) in [4.78, 5) is 11.7. The number of methoxy groups -OCH3 is 1. The van der Waals surface area contributed by atoms with Crippen LogP contribution in [0.25, 0.3) is 11.8 Å². The van der Waals surface area contributed by atoms with E-state index in [2.05, 4.69) is 10.1 Å². The fourth-order valence-electron chi connectivity index (χ4n) is 4.45. The van der Waals surface area contributed by atoms with Gasteiger partial charge in [0.2, 0.25) is 0 Å². The second-order valence-electron chi connectivity index (χ2n) is 8.35. The van der Waals surface area contributed by atoms with Crippen molar-refractivity contribution in [2.24, 2.45) is 5.16 Å². The van der Waals surface area contributed by atoms with Crippen molar-refractivity contribution in [2.75, 3.05) is 20.3 Å². The van der Waals surface area contributed by atoms with Crippen molar-refractivity contribution in [1.29, 1.82) is 0 Å². The average molecular weight is 468 g/mol. The van der Waals surface area contributed by atoms with Crippen molar-refractivity contribution < 1.29 is 22.7 Å². The number of piperidine rings is 1. The van der Waals surface area contributed by atoms with Gasteiger partial charge in [0, 0.05) is 12.7 Å². The summed E-state index contributed by atoms with van der Waals surface area (Å²) in [5.74, 6) is -2.60. The summed E-state index contributed by atoms with van der Waals surface area (Å²) in [6, 6.07) is 7.44. The van der Waals surface area contributed by atoms with E-state index in [4.69, 9.17) is 9.57 Å². The second kappa shape index (κ2) is 8.89. The van der Waals surface area contributed by atoms with Gasteiger partial charge in [0.05, 0.1) is 30.9 Å². The van der Waals surface area contributed by atoms with Crippen LogP contribution in [0.2, 0.25) is 0 Å². The third-order valence-corrected chi connectivity index (χ3v) is 6.09. The van der Waals surface area contributed by atoms with Crippen LogP contribution in [0.3, 0.4) is 0 Å². The Hall–Kier alpha value is -3.75. The first-order chi connectivity index (χ1) is 16.4. The van der Waals surface area contributed by atoms with E-state index in [9.17, 15) is 13.2 Å². The van der Waals surface area contributed by atoms with Crippen molar-refractivity contribution >= 4 is 11.9 Å². The standard InChI is InChI=1S/C25H23F3N4O2/c1-15-12-31(14-29-15)21-6-5-16(9-23(21)33-2)8-17-4-3-7-32-22(13-34-30-25(17)32)18-10-19(26)24(28)20(27)11-18/h5-6,8-12,14,22H,3-4,7,13H2,1-2H3/b17-8+/t22-/m1/s1. The van der Waals surface area contributed by atoms with Gasteiger partial charge in [-0.2, -0.15) is 0 Å². The van der Waals surface area contributed by atoms with Crippen molar-refractivity contribution in [1.82, 2.24) is 14.5 Å². The van der Waals surface area contributed by atoms with Gasteiger partial charge in [0.25, 0.3) is 0 Å². The quantitative estimate of drug-likeness (QED) is 0.496. The van der Waals surface area contributed by atoms with E-state index in [-0.39, 0.29) is 6.61 Å². The SMILES string of the molecule is COc1cc(/C=C2\CCCN3C2=NOC[C@@H]3c2cc(F)c(F)c(F)c2)ccc1-n1cnc(C)c1. The Morgan fingerprint density at radius 2 is 1.94 bits per heavy atom. The van der Waals surface area contributed by atoms with E-state index in [0.29, 0.717) is 23.7 Å². The van der Waals surface area contributed by atoms with Gasteiger partial charge in [0.15, 0.2) is 23.3 Å². The minimum absolute atomic E-state index is 0.119. The number of rotatable bonds is 4. The number of halogens is 3. The Morgan fingerprint density at radius 1 is 1.15 bits per heavy atom. The predicted molar refractivity (Wildman–Crippen MR) is 121 cm³/mol. The maximum Gasteiger partial charge on any atom is 0.194 e. The maximum absolute atomic E-state index is 13.9. The molecule has 0 bridgehead atoms. The molecule has 34 heavy (non-hydrogen) atoms. The summed E-state index contributed by atoms with van der Waals surface area (Å²) in [7, 11) is 1.62. The van der Waals surface area contributed by atoms with E-state index in [1.165, 1.54) is 0 Å². The molecule has 3 aromatic rings. The molecule has 0 aliphatic carbocycles. The van der Waals surface area contributed by atoms with Gasteiger partial charge in [-0.05, 0) is 66.8 Å². The van der Waals surface area contributed by atoms with Crippen LogP contribution in [0, 0.1) is 24.4 Å². The van der Waals surface area contributed by atoms with Gasteiger partial charge in [-0.1, -0.05) is 11.2 Å². The highest BCUT2D eigenvalue weighted by molar-refractivity contribution is 6.03. The third-order valence-electron chi connectivity index (χ3n) is 6.09. The van der Waals surface area contributed by atoms with Crippen LogP contribution in [-0.2, 0) is 4.84 Å². The van der Waals surface area contributed by atoms with Crippen molar-refractivity contribution in [3.63, 3.8) is 0 Å². The van der Waals surface area contributed by atoms with Crippen LogP contribution < -0.4 is 4.74 Å². The van der Waals surface area contributed by atoms with Gasteiger partial charge in [-0.3, -0.25) is 0 Å². The fraction of sp³-hybridized carbons (Fsp3) is 0.280. The summed E-state index contributed by atoms with van der Waals surface area (Å²) in [6.07, 6.45) is 7.26. The highest BCUT2D eigenvalue weighted by atomic mass is 19.2. The lowest BCUT2D eigenvalue weighted by molar-refractivity contribution is 0.0572.